The summed E-state index contributed by atoms with van der Waals surface area (Å²) in [6, 6.07) is 3.97. The summed E-state index contributed by atoms with van der Waals surface area (Å²) in [5.74, 6) is 0. The van der Waals surface area contributed by atoms with Crippen LogP contribution in [0.2, 0.25) is 0 Å². The van der Waals surface area contributed by atoms with Crippen LogP contribution in [-0.2, 0) is 4.74 Å². The van der Waals surface area contributed by atoms with Crippen molar-refractivity contribution in [2.24, 2.45) is 5.41 Å². The number of fused-ring (bicyclic) bond motifs is 2. The Kier molecular flexibility index (Phi) is 2.76. The summed E-state index contributed by atoms with van der Waals surface area (Å²) in [4.78, 5) is 16.6. The largest absolute Gasteiger partial charge is 0.439 e. The summed E-state index contributed by atoms with van der Waals surface area (Å²) >= 11 is 5.04. The molecule has 0 aromatic carbocycles. The molecule has 1 amide bonds. The maximum absolute atomic E-state index is 12.4. The van der Waals surface area contributed by atoms with Crippen LogP contribution in [0.25, 0.3) is 0 Å². The van der Waals surface area contributed by atoms with Gasteiger partial charge in [0.05, 0.1) is 10.3 Å². The van der Waals surface area contributed by atoms with Gasteiger partial charge in [-0.2, -0.15) is 0 Å². The van der Waals surface area contributed by atoms with Gasteiger partial charge in [0.2, 0.25) is 0 Å². The second-order valence-corrected chi connectivity index (χ2v) is 8.80. The lowest BCUT2D eigenvalue weighted by atomic mass is 9.63. The van der Waals surface area contributed by atoms with Crippen molar-refractivity contribution in [3.8, 4) is 0 Å². The van der Waals surface area contributed by atoms with E-state index in [1.54, 1.807) is 11.3 Å². The topological polar surface area (TPSA) is 32.8 Å². The van der Waals surface area contributed by atoms with E-state index in [0.717, 1.165) is 41.3 Å². The first-order valence-corrected chi connectivity index (χ1v) is 8.61. The summed E-state index contributed by atoms with van der Waals surface area (Å²) in [6.45, 7) is 6.15. The highest BCUT2D eigenvalue weighted by Gasteiger charge is 2.62. The molecule has 6 heteroatoms. The molecule has 1 aromatic heterocycles. The monoisotopic (exact) mass is 356 g/mol. The van der Waals surface area contributed by atoms with Gasteiger partial charge in [-0.05, 0) is 54.0 Å². The van der Waals surface area contributed by atoms with Gasteiger partial charge in [0.25, 0.3) is 0 Å². The van der Waals surface area contributed by atoms with Crippen LogP contribution in [0.15, 0.2) is 15.9 Å². The Bertz CT molecular complexity index is 567. The van der Waals surface area contributed by atoms with Crippen molar-refractivity contribution in [1.29, 1.82) is 0 Å². The molecule has 1 unspecified atom stereocenters. The zero-order valence-corrected chi connectivity index (χ0v) is 13.8. The van der Waals surface area contributed by atoms with Crippen molar-refractivity contribution in [2.75, 3.05) is 31.1 Å². The van der Waals surface area contributed by atoms with Crippen LogP contribution < -0.4 is 4.90 Å². The number of hydrogen-bond acceptors (Lipinski definition) is 4. The highest BCUT2D eigenvalue weighted by atomic mass is 79.9. The summed E-state index contributed by atoms with van der Waals surface area (Å²) < 4.78 is 6.98. The summed E-state index contributed by atoms with van der Waals surface area (Å²) in [5.41, 5.74) is -0.197. The number of anilines is 1. The molecule has 2 bridgehead atoms. The first-order valence-electron chi connectivity index (χ1n) is 7.00. The zero-order chi connectivity index (χ0) is 14.0. The Labute approximate surface area is 130 Å². The maximum Gasteiger partial charge on any atom is 0.415 e. The van der Waals surface area contributed by atoms with Crippen LogP contribution in [0.4, 0.5) is 9.80 Å². The van der Waals surface area contributed by atoms with E-state index in [0.29, 0.717) is 6.54 Å². The Morgan fingerprint density at radius 2 is 2.05 bits per heavy atom. The van der Waals surface area contributed by atoms with Gasteiger partial charge in [0.1, 0.15) is 10.6 Å². The number of amides is 1. The van der Waals surface area contributed by atoms with E-state index >= 15 is 0 Å². The van der Waals surface area contributed by atoms with Crippen molar-refractivity contribution in [2.45, 2.75) is 25.4 Å². The van der Waals surface area contributed by atoms with Crippen molar-refractivity contribution in [3.63, 3.8) is 0 Å². The zero-order valence-electron chi connectivity index (χ0n) is 11.4. The molecule has 4 nitrogen and oxygen atoms in total. The molecule has 0 N–H and O–H groups in total. The van der Waals surface area contributed by atoms with Crippen molar-refractivity contribution < 1.29 is 9.53 Å². The third-order valence-corrected chi connectivity index (χ3v) is 6.93. The van der Waals surface area contributed by atoms with Crippen LogP contribution in [0, 0.1) is 5.41 Å². The summed E-state index contributed by atoms with van der Waals surface area (Å²) in [5, 5.41) is 0.971. The molecule has 1 spiro atoms. The fourth-order valence-corrected chi connectivity index (χ4v) is 5.15. The lowest BCUT2D eigenvalue weighted by molar-refractivity contribution is -0.143. The van der Waals surface area contributed by atoms with Gasteiger partial charge in [-0.25, -0.2) is 4.79 Å². The van der Waals surface area contributed by atoms with E-state index in [2.05, 4.69) is 27.8 Å². The SMILES string of the molecule is CC12CCN(CC1)CC21CN(c2ccc(Br)s2)C(=O)O1. The molecule has 4 saturated heterocycles. The van der Waals surface area contributed by atoms with Gasteiger partial charge in [-0.15, -0.1) is 11.3 Å². The van der Waals surface area contributed by atoms with Crippen LogP contribution in [0.3, 0.4) is 0 Å². The van der Waals surface area contributed by atoms with Gasteiger partial charge in [0, 0.05) is 12.0 Å². The summed E-state index contributed by atoms with van der Waals surface area (Å²) in [7, 11) is 0. The minimum atomic E-state index is -0.322. The number of carbonyl (C=O) groups excluding carboxylic acids is 1. The minimum Gasteiger partial charge on any atom is -0.439 e. The van der Waals surface area contributed by atoms with Crippen LogP contribution in [-0.4, -0.2) is 42.8 Å². The molecule has 5 heterocycles. The van der Waals surface area contributed by atoms with Gasteiger partial charge in [0.15, 0.2) is 0 Å². The van der Waals surface area contributed by atoms with E-state index < -0.39 is 0 Å². The first kappa shape index (κ1) is 13.1. The van der Waals surface area contributed by atoms with Crippen molar-refractivity contribution in [1.82, 2.24) is 4.90 Å². The lowest BCUT2D eigenvalue weighted by Gasteiger charge is -2.56. The average molecular weight is 357 g/mol. The fraction of sp³-hybridized carbons (Fsp3) is 0.643. The van der Waals surface area contributed by atoms with E-state index in [4.69, 9.17) is 4.74 Å². The van der Waals surface area contributed by atoms with E-state index in [-0.39, 0.29) is 17.1 Å². The molecule has 20 heavy (non-hydrogen) atoms. The Morgan fingerprint density at radius 3 is 2.65 bits per heavy atom. The first-order chi connectivity index (χ1) is 9.51. The quantitative estimate of drug-likeness (QED) is 0.773. The molecule has 0 radical (unpaired) electrons. The number of rotatable bonds is 1. The molecular formula is C14H17BrN2O2S. The molecule has 5 rings (SSSR count). The Hall–Kier alpha value is -0.590. The van der Waals surface area contributed by atoms with Gasteiger partial charge < -0.3 is 4.74 Å². The van der Waals surface area contributed by atoms with E-state index in [1.165, 1.54) is 0 Å². The average Bonchev–Trinajstić information content (AvgIpc) is 2.97. The predicted octanol–water partition coefficient (Wildman–Crippen LogP) is 3.32. The van der Waals surface area contributed by atoms with Gasteiger partial charge in [-0.3, -0.25) is 9.80 Å². The number of ether oxygens (including phenoxy) is 1. The second kappa shape index (κ2) is 4.21. The minimum absolute atomic E-state index is 0.126. The highest BCUT2D eigenvalue weighted by molar-refractivity contribution is 9.11. The molecule has 4 aliphatic rings. The number of piperidine rings is 3. The molecular weight excluding hydrogens is 340 g/mol. The van der Waals surface area contributed by atoms with Crippen LogP contribution >= 0.6 is 27.3 Å². The standard InChI is InChI=1S/C14H17BrN2O2S/c1-13-4-6-16(7-5-13)8-14(13)9-17(12(18)19-14)11-3-2-10(15)20-11/h2-3H,4-9H2,1H3. The lowest BCUT2D eigenvalue weighted by Crippen LogP contribution is -2.66. The van der Waals surface area contributed by atoms with Crippen LogP contribution in [0.5, 0.6) is 0 Å². The normalized spacial score (nSPS) is 39.6. The smallest absolute Gasteiger partial charge is 0.415 e. The third kappa shape index (κ3) is 1.71. The Balaban J connectivity index is 1.67. The second-order valence-electron chi connectivity index (χ2n) is 6.36. The predicted molar refractivity (Wildman–Crippen MR) is 82.4 cm³/mol. The maximum atomic E-state index is 12.4. The highest BCUT2D eigenvalue weighted by Crippen LogP contribution is 2.52. The fourth-order valence-electron chi connectivity index (χ4n) is 3.80. The van der Waals surface area contributed by atoms with E-state index in [1.807, 2.05) is 17.0 Å². The van der Waals surface area contributed by atoms with Crippen molar-refractivity contribution >= 4 is 38.4 Å². The molecule has 4 aliphatic heterocycles. The van der Waals surface area contributed by atoms with Gasteiger partial charge in [-0.1, -0.05) is 6.92 Å². The Morgan fingerprint density at radius 1 is 1.30 bits per heavy atom. The molecule has 4 fully saturated rings. The molecule has 0 saturated carbocycles. The molecule has 1 atom stereocenters. The number of nitrogens with zero attached hydrogens (tertiary/aromatic N) is 2. The van der Waals surface area contributed by atoms with E-state index in [9.17, 15) is 4.79 Å². The molecule has 108 valence electrons. The third-order valence-electron chi connectivity index (χ3n) is 5.28. The van der Waals surface area contributed by atoms with Crippen molar-refractivity contribution in [3.05, 3.63) is 15.9 Å². The molecule has 1 aromatic rings. The number of thiophene rings is 1. The van der Waals surface area contributed by atoms with Crippen LogP contribution in [0.1, 0.15) is 19.8 Å². The van der Waals surface area contributed by atoms with Gasteiger partial charge >= 0.3 is 6.09 Å². The number of hydrogen-bond donors (Lipinski definition) is 0. The number of halogens is 1. The number of carbonyl (C=O) groups is 1. The molecule has 0 aliphatic carbocycles. The summed E-state index contributed by atoms with van der Waals surface area (Å²) in [6.07, 6.45) is 2.07.